The Morgan fingerprint density at radius 1 is 1.23 bits per heavy atom. The maximum Gasteiger partial charge on any atom is 0.408 e. The standard InChI is InChI=1S/C14H19NO6S/c16-6-11(17)8-22-9-12(13(18)19)15-14(20)21-7-10-4-2-1-3-5-10/h1-5,11-12,16-17H,6-9H2,(H,15,20)(H,18,19)/t11-,12?/m1/s1. The van der Waals surface area contributed by atoms with Gasteiger partial charge in [0.05, 0.1) is 12.7 Å². The Kier molecular flexibility index (Phi) is 8.34. The molecule has 1 unspecified atom stereocenters. The van der Waals surface area contributed by atoms with Crippen molar-refractivity contribution in [1.29, 1.82) is 0 Å². The fourth-order valence-corrected chi connectivity index (χ4v) is 2.43. The third-order valence-electron chi connectivity index (χ3n) is 2.61. The number of carbonyl (C=O) groups excluding carboxylic acids is 1. The van der Waals surface area contributed by atoms with E-state index in [2.05, 4.69) is 5.32 Å². The first-order valence-electron chi connectivity index (χ1n) is 6.59. The minimum Gasteiger partial charge on any atom is -0.480 e. The van der Waals surface area contributed by atoms with Gasteiger partial charge in [-0.2, -0.15) is 11.8 Å². The molecule has 0 saturated heterocycles. The molecule has 22 heavy (non-hydrogen) atoms. The van der Waals surface area contributed by atoms with Crippen LogP contribution in [0.2, 0.25) is 0 Å². The highest BCUT2D eigenvalue weighted by Crippen LogP contribution is 2.07. The average Bonchev–Trinajstić information content (AvgIpc) is 2.52. The summed E-state index contributed by atoms with van der Waals surface area (Å²) in [6.07, 6.45) is -1.73. The summed E-state index contributed by atoms with van der Waals surface area (Å²) in [4.78, 5) is 22.6. The number of nitrogens with one attached hydrogen (secondary N) is 1. The molecule has 2 atom stereocenters. The zero-order valence-corrected chi connectivity index (χ0v) is 12.7. The molecule has 0 saturated carbocycles. The molecule has 1 amide bonds. The van der Waals surface area contributed by atoms with E-state index in [9.17, 15) is 14.7 Å². The van der Waals surface area contributed by atoms with Crippen molar-refractivity contribution in [3.63, 3.8) is 0 Å². The maximum absolute atomic E-state index is 11.6. The Hall–Kier alpha value is -1.77. The van der Waals surface area contributed by atoms with Crippen LogP contribution in [-0.4, -0.2) is 57.6 Å². The molecule has 0 aromatic heterocycles. The highest BCUT2D eigenvalue weighted by molar-refractivity contribution is 7.99. The summed E-state index contributed by atoms with van der Waals surface area (Å²) in [5.74, 6) is -0.948. The van der Waals surface area contributed by atoms with Gasteiger partial charge in [0.1, 0.15) is 12.6 Å². The Morgan fingerprint density at radius 3 is 2.50 bits per heavy atom. The Labute approximate surface area is 132 Å². The number of rotatable bonds is 9. The van der Waals surface area contributed by atoms with Crippen LogP contribution < -0.4 is 5.32 Å². The zero-order chi connectivity index (χ0) is 16.4. The second-order valence-corrected chi connectivity index (χ2v) is 5.55. The number of hydrogen-bond acceptors (Lipinski definition) is 6. The molecule has 4 N–H and O–H groups in total. The first-order chi connectivity index (χ1) is 10.5. The minimum absolute atomic E-state index is 0.0510. The van der Waals surface area contributed by atoms with E-state index in [1.807, 2.05) is 6.07 Å². The molecule has 122 valence electrons. The van der Waals surface area contributed by atoms with Crippen molar-refractivity contribution in [1.82, 2.24) is 5.32 Å². The molecule has 7 nitrogen and oxygen atoms in total. The number of ether oxygens (including phenoxy) is 1. The van der Waals surface area contributed by atoms with Crippen molar-refractivity contribution in [3.05, 3.63) is 35.9 Å². The summed E-state index contributed by atoms with van der Waals surface area (Å²) in [5, 5.41) is 29.1. The lowest BCUT2D eigenvalue weighted by Crippen LogP contribution is -2.43. The molecule has 8 heteroatoms. The Bertz CT molecular complexity index is 470. The Balaban J connectivity index is 2.35. The average molecular weight is 329 g/mol. The van der Waals surface area contributed by atoms with Gasteiger partial charge in [0.25, 0.3) is 0 Å². The molecule has 1 aromatic carbocycles. The van der Waals surface area contributed by atoms with Crippen molar-refractivity contribution >= 4 is 23.8 Å². The van der Waals surface area contributed by atoms with E-state index in [1.165, 1.54) is 0 Å². The largest absolute Gasteiger partial charge is 0.480 e. The predicted octanol–water partition coefficient (Wildman–Crippen LogP) is 0.452. The van der Waals surface area contributed by atoms with Crippen molar-refractivity contribution in [3.8, 4) is 0 Å². The van der Waals surface area contributed by atoms with Crippen LogP contribution in [0.25, 0.3) is 0 Å². The number of carboxylic acid groups (broad SMARTS) is 1. The first kappa shape index (κ1) is 18.3. The molecule has 0 aliphatic heterocycles. The zero-order valence-electron chi connectivity index (χ0n) is 11.8. The van der Waals surface area contributed by atoms with Crippen molar-refractivity contribution in [2.75, 3.05) is 18.1 Å². The third-order valence-corrected chi connectivity index (χ3v) is 3.80. The lowest BCUT2D eigenvalue weighted by atomic mass is 10.2. The summed E-state index contributed by atoms with van der Waals surface area (Å²) in [6.45, 7) is -0.341. The topological polar surface area (TPSA) is 116 Å². The molecule has 0 aliphatic carbocycles. The lowest BCUT2D eigenvalue weighted by molar-refractivity contribution is -0.138. The van der Waals surface area contributed by atoms with Crippen LogP contribution in [0.4, 0.5) is 4.79 Å². The molecular formula is C14H19NO6S. The van der Waals surface area contributed by atoms with Gasteiger partial charge in [0, 0.05) is 11.5 Å². The second kappa shape index (κ2) is 10.0. The fraction of sp³-hybridized carbons (Fsp3) is 0.429. The Morgan fingerprint density at radius 2 is 1.91 bits per heavy atom. The van der Waals surface area contributed by atoms with Crippen LogP contribution in [0.1, 0.15) is 5.56 Å². The summed E-state index contributed by atoms with van der Waals surface area (Å²) >= 11 is 1.12. The number of aliphatic carboxylic acids is 1. The first-order valence-corrected chi connectivity index (χ1v) is 7.75. The molecule has 1 rings (SSSR count). The van der Waals surface area contributed by atoms with Crippen molar-refractivity contribution in [2.45, 2.75) is 18.8 Å². The molecule has 0 radical (unpaired) electrons. The summed E-state index contributed by atoms with van der Waals surface area (Å²) < 4.78 is 4.95. The van der Waals surface area contributed by atoms with Gasteiger partial charge < -0.3 is 25.4 Å². The number of carboxylic acids is 1. The van der Waals surface area contributed by atoms with Crippen LogP contribution in [0.5, 0.6) is 0 Å². The van der Waals surface area contributed by atoms with Gasteiger partial charge in [0.2, 0.25) is 0 Å². The van der Waals surface area contributed by atoms with Crippen LogP contribution in [-0.2, 0) is 16.1 Å². The SMILES string of the molecule is O=C(NC(CSC[C@H](O)CO)C(=O)O)OCc1ccccc1. The number of carbonyl (C=O) groups is 2. The van der Waals surface area contributed by atoms with Crippen LogP contribution in [0, 0.1) is 0 Å². The number of aliphatic hydroxyl groups is 2. The van der Waals surface area contributed by atoms with E-state index in [-0.39, 0.29) is 18.1 Å². The third kappa shape index (κ3) is 7.30. The molecule has 0 spiro atoms. The van der Waals surface area contributed by atoms with Gasteiger partial charge >= 0.3 is 12.1 Å². The van der Waals surface area contributed by atoms with Gasteiger partial charge in [-0.15, -0.1) is 0 Å². The molecular weight excluding hydrogens is 310 g/mol. The highest BCUT2D eigenvalue weighted by atomic mass is 32.2. The number of thioether (sulfide) groups is 1. The lowest BCUT2D eigenvalue weighted by Gasteiger charge is -2.15. The van der Waals surface area contributed by atoms with Gasteiger partial charge in [-0.1, -0.05) is 30.3 Å². The summed E-state index contributed by atoms with van der Waals surface area (Å²) in [7, 11) is 0. The molecule has 0 fully saturated rings. The maximum atomic E-state index is 11.6. The monoisotopic (exact) mass is 329 g/mol. The summed E-state index contributed by atoms with van der Waals surface area (Å²) in [6, 6.07) is 7.89. The molecule has 0 bridgehead atoms. The van der Waals surface area contributed by atoms with Gasteiger partial charge in [-0.05, 0) is 5.56 Å². The van der Waals surface area contributed by atoms with Crippen LogP contribution in [0.15, 0.2) is 30.3 Å². The van der Waals surface area contributed by atoms with Crippen LogP contribution >= 0.6 is 11.8 Å². The second-order valence-electron chi connectivity index (χ2n) is 4.47. The highest BCUT2D eigenvalue weighted by Gasteiger charge is 2.21. The van der Waals surface area contributed by atoms with E-state index in [1.54, 1.807) is 24.3 Å². The van der Waals surface area contributed by atoms with E-state index < -0.39 is 30.8 Å². The predicted molar refractivity (Wildman–Crippen MR) is 81.6 cm³/mol. The van der Waals surface area contributed by atoms with E-state index in [0.29, 0.717) is 0 Å². The number of aliphatic hydroxyl groups excluding tert-OH is 2. The number of hydrogen-bond donors (Lipinski definition) is 4. The van der Waals surface area contributed by atoms with Crippen molar-refractivity contribution in [2.24, 2.45) is 0 Å². The fourth-order valence-electron chi connectivity index (χ4n) is 1.46. The molecule has 0 aliphatic rings. The van der Waals surface area contributed by atoms with Gasteiger partial charge in [-0.3, -0.25) is 0 Å². The summed E-state index contributed by atoms with van der Waals surface area (Å²) in [5.41, 5.74) is 0.796. The van der Waals surface area contributed by atoms with E-state index >= 15 is 0 Å². The number of amides is 1. The van der Waals surface area contributed by atoms with Crippen LogP contribution in [0.3, 0.4) is 0 Å². The molecule has 0 heterocycles. The van der Waals surface area contributed by atoms with Gasteiger partial charge in [0.15, 0.2) is 0 Å². The van der Waals surface area contributed by atoms with Crippen molar-refractivity contribution < 1.29 is 29.6 Å². The van der Waals surface area contributed by atoms with E-state index in [0.717, 1.165) is 17.3 Å². The quantitative estimate of drug-likeness (QED) is 0.520. The number of alkyl carbamates (subject to hydrolysis) is 1. The smallest absolute Gasteiger partial charge is 0.408 e. The molecule has 1 aromatic rings. The van der Waals surface area contributed by atoms with Gasteiger partial charge in [-0.25, -0.2) is 9.59 Å². The minimum atomic E-state index is -1.19. The number of benzene rings is 1. The van der Waals surface area contributed by atoms with E-state index in [4.69, 9.17) is 14.9 Å². The normalized spacial score (nSPS) is 13.2.